The Kier molecular flexibility index (Phi) is 3.80. The lowest BCUT2D eigenvalue weighted by atomic mass is 10.2. The predicted octanol–water partition coefficient (Wildman–Crippen LogP) is 1.78. The number of hydrogen-bond acceptors (Lipinski definition) is 4. The molecule has 0 saturated carbocycles. The van der Waals surface area contributed by atoms with E-state index in [1.165, 1.54) is 18.2 Å². The number of benzene rings is 2. The van der Waals surface area contributed by atoms with E-state index in [0.29, 0.717) is 35.4 Å². The Labute approximate surface area is 148 Å². The first kappa shape index (κ1) is 16.4. The predicted molar refractivity (Wildman–Crippen MR) is 97.8 cm³/mol. The maximum Gasteiger partial charge on any atom is 0.323 e. The molecule has 3 N–H and O–H groups in total. The van der Waals surface area contributed by atoms with Gasteiger partial charge in [0.25, 0.3) is 10.0 Å². The summed E-state index contributed by atoms with van der Waals surface area (Å²) in [6.07, 6.45) is 1.20. The molecule has 4 rings (SSSR count). The van der Waals surface area contributed by atoms with E-state index in [0.717, 1.165) is 6.42 Å². The van der Waals surface area contributed by atoms with Gasteiger partial charge in [0, 0.05) is 13.0 Å². The van der Waals surface area contributed by atoms with Crippen molar-refractivity contribution in [1.29, 1.82) is 0 Å². The van der Waals surface area contributed by atoms with Crippen LogP contribution in [-0.2, 0) is 14.8 Å². The van der Waals surface area contributed by atoms with Crippen molar-refractivity contribution < 1.29 is 13.2 Å². The van der Waals surface area contributed by atoms with Crippen LogP contribution in [0.4, 0.5) is 11.4 Å². The van der Waals surface area contributed by atoms with Crippen LogP contribution in [0.3, 0.4) is 0 Å². The Hall–Kier alpha value is -3.07. The van der Waals surface area contributed by atoms with Crippen molar-refractivity contribution in [2.45, 2.75) is 17.7 Å². The Balaban J connectivity index is 1.71. The van der Waals surface area contributed by atoms with E-state index in [4.69, 9.17) is 0 Å². The summed E-state index contributed by atoms with van der Waals surface area (Å²) in [6, 6.07) is 11.1. The van der Waals surface area contributed by atoms with E-state index in [1.807, 2.05) is 0 Å². The second kappa shape index (κ2) is 6.03. The minimum atomic E-state index is -3.89. The molecule has 1 saturated heterocycles. The third kappa shape index (κ3) is 2.86. The number of aromatic nitrogens is 2. The minimum Gasteiger partial charge on any atom is -0.310 e. The van der Waals surface area contributed by atoms with Crippen LogP contribution in [-0.4, -0.2) is 30.8 Å². The Morgan fingerprint density at radius 2 is 1.77 bits per heavy atom. The quantitative estimate of drug-likeness (QED) is 0.647. The van der Waals surface area contributed by atoms with Crippen molar-refractivity contribution in [1.82, 2.24) is 9.97 Å². The van der Waals surface area contributed by atoms with Crippen LogP contribution in [0.5, 0.6) is 0 Å². The average Bonchev–Trinajstić information content (AvgIpc) is 3.18. The highest BCUT2D eigenvalue weighted by molar-refractivity contribution is 7.92. The van der Waals surface area contributed by atoms with Crippen LogP contribution < -0.4 is 15.3 Å². The summed E-state index contributed by atoms with van der Waals surface area (Å²) in [4.78, 5) is 30.1. The van der Waals surface area contributed by atoms with Crippen molar-refractivity contribution in [3.63, 3.8) is 0 Å². The van der Waals surface area contributed by atoms with Gasteiger partial charge in [0.15, 0.2) is 0 Å². The normalized spacial score (nSPS) is 14.9. The second-order valence-electron chi connectivity index (χ2n) is 6.06. The van der Waals surface area contributed by atoms with E-state index < -0.39 is 15.7 Å². The third-order valence-electron chi connectivity index (χ3n) is 4.31. The number of fused-ring (bicyclic) bond motifs is 1. The second-order valence-corrected chi connectivity index (χ2v) is 7.74. The van der Waals surface area contributed by atoms with E-state index in [2.05, 4.69) is 14.7 Å². The van der Waals surface area contributed by atoms with Crippen molar-refractivity contribution in [2.75, 3.05) is 16.2 Å². The molecule has 3 aromatic rings. The van der Waals surface area contributed by atoms with Gasteiger partial charge in [-0.05, 0) is 36.8 Å². The fourth-order valence-electron chi connectivity index (χ4n) is 3.08. The number of para-hydroxylation sites is 2. The van der Waals surface area contributed by atoms with Crippen molar-refractivity contribution in [3.05, 3.63) is 52.9 Å². The molecular weight excluding hydrogens is 356 g/mol. The average molecular weight is 372 g/mol. The molecule has 0 radical (unpaired) electrons. The number of rotatable bonds is 4. The SMILES string of the molecule is O=C1CCCN1c1ccccc1NS(=O)(=O)c1ccc2[nH]c(=O)[nH]c2c1. The van der Waals surface area contributed by atoms with Gasteiger partial charge in [0.05, 0.1) is 27.3 Å². The molecule has 1 amide bonds. The Bertz CT molecular complexity index is 1160. The van der Waals surface area contributed by atoms with Crippen LogP contribution in [0.25, 0.3) is 11.0 Å². The number of imidazole rings is 1. The lowest BCUT2D eigenvalue weighted by Crippen LogP contribution is -2.25. The van der Waals surface area contributed by atoms with Gasteiger partial charge in [-0.3, -0.25) is 9.52 Å². The van der Waals surface area contributed by atoms with Crippen LogP contribution in [0, 0.1) is 0 Å². The lowest BCUT2D eigenvalue weighted by molar-refractivity contribution is -0.117. The summed E-state index contributed by atoms with van der Waals surface area (Å²) in [5.41, 5.74) is 1.40. The van der Waals surface area contributed by atoms with Gasteiger partial charge in [0.2, 0.25) is 5.91 Å². The molecule has 0 atom stereocenters. The Morgan fingerprint density at radius 3 is 2.54 bits per heavy atom. The Morgan fingerprint density at radius 1 is 1.00 bits per heavy atom. The number of sulfonamides is 1. The topological polar surface area (TPSA) is 115 Å². The number of hydrogen-bond donors (Lipinski definition) is 3. The maximum absolute atomic E-state index is 12.8. The molecular formula is C17H16N4O4S. The molecule has 134 valence electrons. The van der Waals surface area contributed by atoms with Gasteiger partial charge >= 0.3 is 5.69 Å². The summed E-state index contributed by atoms with van der Waals surface area (Å²) in [5.74, 6) is -0.0250. The van der Waals surface area contributed by atoms with Crippen LogP contribution >= 0.6 is 0 Å². The molecule has 0 bridgehead atoms. The molecule has 2 heterocycles. The molecule has 8 nitrogen and oxygen atoms in total. The number of amides is 1. The largest absolute Gasteiger partial charge is 0.323 e. The van der Waals surface area contributed by atoms with Gasteiger partial charge < -0.3 is 14.9 Å². The summed E-state index contributed by atoms with van der Waals surface area (Å²) >= 11 is 0. The number of anilines is 2. The van der Waals surface area contributed by atoms with Crippen molar-refractivity contribution in [3.8, 4) is 0 Å². The molecule has 9 heteroatoms. The van der Waals surface area contributed by atoms with Crippen LogP contribution in [0.1, 0.15) is 12.8 Å². The number of nitrogens with one attached hydrogen (secondary N) is 3. The number of H-pyrrole nitrogens is 2. The summed E-state index contributed by atoms with van der Waals surface area (Å²) in [6.45, 7) is 0.564. The number of aromatic amines is 2. The van der Waals surface area contributed by atoms with Gasteiger partial charge in [-0.2, -0.15) is 0 Å². The van der Waals surface area contributed by atoms with E-state index in [9.17, 15) is 18.0 Å². The highest BCUT2D eigenvalue weighted by Crippen LogP contribution is 2.31. The molecule has 1 aliphatic heterocycles. The molecule has 0 aliphatic carbocycles. The molecule has 2 aromatic carbocycles. The van der Waals surface area contributed by atoms with Crippen LogP contribution in [0.2, 0.25) is 0 Å². The fraction of sp³-hybridized carbons (Fsp3) is 0.176. The zero-order valence-corrected chi connectivity index (χ0v) is 14.5. The van der Waals surface area contributed by atoms with E-state index in [-0.39, 0.29) is 10.8 Å². The first-order chi connectivity index (χ1) is 12.4. The maximum atomic E-state index is 12.8. The first-order valence-electron chi connectivity index (χ1n) is 8.08. The summed E-state index contributed by atoms with van der Waals surface area (Å²) in [5, 5.41) is 0. The van der Waals surface area contributed by atoms with Gasteiger partial charge in [0.1, 0.15) is 0 Å². The highest BCUT2D eigenvalue weighted by Gasteiger charge is 2.25. The van der Waals surface area contributed by atoms with Gasteiger partial charge in [-0.15, -0.1) is 0 Å². The lowest BCUT2D eigenvalue weighted by Gasteiger charge is -2.20. The molecule has 0 unspecified atom stereocenters. The molecule has 1 aliphatic rings. The van der Waals surface area contributed by atoms with Crippen LogP contribution in [0.15, 0.2) is 52.2 Å². The number of nitrogens with zero attached hydrogens (tertiary/aromatic N) is 1. The fourth-order valence-corrected chi connectivity index (χ4v) is 4.18. The monoisotopic (exact) mass is 372 g/mol. The van der Waals surface area contributed by atoms with Gasteiger partial charge in [-0.25, -0.2) is 13.2 Å². The molecule has 1 aromatic heterocycles. The number of carbonyl (C=O) groups excluding carboxylic acids is 1. The molecule has 0 spiro atoms. The summed E-state index contributed by atoms with van der Waals surface area (Å²) in [7, 11) is -3.89. The summed E-state index contributed by atoms with van der Waals surface area (Å²) < 4.78 is 28.1. The third-order valence-corrected chi connectivity index (χ3v) is 5.67. The standard InChI is InChI=1S/C17H16N4O4S/c22-16-6-3-9-21(16)15-5-2-1-4-13(15)20-26(24,25)11-7-8-12-14(10-11)19-17(23)18-12/h1-2,4-5,7-8,10,20H,3,6,9H2,(H2,18,19,23). The van der Waals surface area contributed by atoms with Crippen molar-refractivity contribution in [2.24, 2.45) is 0 Å². The highest BCUT2D eigenvalue weighted by atomic mass is 32.2. The zero-order valence-electron chi connectivity index (χ0n) is 13.7. The molecule has 1 fully saturated rings. The van der Waals surface area contributed by atoms with Gasteiger partial charge in [-0.1, -0.05) is 12.1 Å². The minimum absolute atomic E-state index is 0.0165. The van der Waals surface area contributed by atoms with E-state index in [1.54, 1.807) is 29.2 Å². The van der Waals surface area contributed by atoms with Crippen molar-refractivity contribution >= 4 is 38.3 Å². The first-order valence-corrected chi connectivity index (χ1v) is 9.57. The zero-order chi connectivity index (χ0) is 18.3. The molecule has 26 heavy (non-hydrogen) atoms. The smallest absolute Gasteiger partial charge is 0.310 e. The van der Waals surface area contributed by atoms with E-state index >= 15 is 0 Å². The number of carbonyl (C=O) groups is 1.